The Labute approximate surface area is 103 Å². The number of hydrogen-bond donors (Lipinski definition) is 2. The average molecular weight is 239 g/mol. The van der Waals surface area contributed by atoms with Crippen molar-refractivity contribution in [2.75, 3.05) is 6.54 Å². The van der Waals surface area contributed by atoms with E-state index < -0.39 is 17.4 Å². The van der Waals surface area contributed by atoms with Gasteiger partial charge in [0.25, 0.3) is 0 Å². The van der Waals surface area contributed by atoms with Crippen LogP contribution in [0.2, 0.25) is 0 Å². The molecule has 0 spiro atoms. The Bertz CT molecular complexity index is 329. The summed E-state index contributed by atoms with van der Waals surface area (Å²) in [6.45, 7) is 9.18. The summed E-state index contributed by atoms with van der Waals surface area (Å²) in [6.07, 6.45) is 0. The molecule has 0 rings (SSSR count). The number of carbonyl (C=O) groups excluding carboxylic acids is 2. The van der Waals surface area contributed by atoms with E-state index in [1.165, 1.54) is 13.8 Å². The Hall–Kier alpha value is -1.57. The van der Waals surface area contributed by atoms with Gasteiger partial charge in [0.15, 0.2) is 0 Å². The minimum absolute atomic E-state index is 0.235. The van der Waals surface area contributed by atoms with Crippen LogP contribution >= 0.6 is 0 Å². The van der Waals surface area contributed by atoms with Crippen molar-refractivity contribution in [3.8, 4) is 6.07 Å². The van der Waals surface area contributed by atoms with Crippen molar-refractivity contribution in [3.63, 3.8) is 0 Å². The van der Waals surface area contributed by atoms with Crippen LogP contribution in [0.3, 0.4) is 0 Å². The van der Waals surface area contributed by atoms with Crippen LogP contribution in [0.25, 0.3) is 0 Å². The molecule has 96 valence electrons. The van der Waals surface area contributed by atoms with Gasteiger partial charge in [-0.3, -0.25) is 9.59 Å². The topological polar surface area (TPSA) is 82.0 Å². The molecular formula is C12H21N3O2. The third kappa shape index (κ3) is 5.34. The summed E-state index contributed by atoms with van der Waals surface area (Å²) in [5.41, 5.74) is -1.12. The van der Waals surface area contributed by atoms with E-state index >= 15 is 0 Å². The molecule has 0 aliphatic carbocycles. The van der Waals surface area contributed by atoms with Crippen molar-refractivity contribution in [2.45, 2.75) is 40.7 Å². The standard InChI is InChI=1S/C12H21N3O2/c1-8(2)6-14-10(16)9(3)15-11(17)12(4,5)7-13/h8-9H,6H2,1-5H3,(H,14,16)(H,15,17). The zero-order valence-electron chi connectivity index (χ0n) is 11.1. The molecule has 1 unspecified atom stereocenters. The molecule has 0 saturated carbocycles. The summed E-state index contributed by atoms with van der Waals surface area (Å²) in [5.74, 6) is -0.314. The van der Waals surface area contributed by atoms with Gasteiger partial charge in [-0.1, -0.05) is 13.8 Å². The van der Waals surface area contributed by atoms with Crippen LogP contribution in [0, 0.1) is 22.7 Å². The molecule has 0 saturated heterocycles. The highest BCUT2D eigenvalue weighted by molar-refractivity contribution is 5.90. The molecule has 0 aromatic heterocycles. The number of rotatable bonds is 5. The molecule has 0 aromatic carbocycles. The third-order valence-corrected chi connectivity index (χ3v) is 2.27. The van der Waals surface area contributed by atoms with E-state index in [2.05, 4.69) is 10.6 Å². The van der Waals surface area contributed by atoms with Crippen molar-refractivity contribution in [1.82, 2.24) is 10.6 Å². The summed E-state index contributed by atoms with van der Waals surface area (Å²) in [6, 6.07) is 1.26. The first kappa shape index (κ1) is 15.4. The van der Waals surface area contributed by atoms with Gasteiger partial charge in [-0.05, 0) is 26.7 Å². The van der Waals surface area contributed by atoms with E-state index in [1.807, 2.05) is 19.9 Å². The SMILES string of the molecule is CC(C)CNC(=O)C(C)NC(=O)C(C)(C)C#N. The van der Waals surface area contributed by atoms with Crippen molar-refractivity contribution < 1.29 is 9.59 Å². The van der Waals surface area contributed by atoms with E-state index in [0.29, 0.717) is 12.5 Å². The van der Waals surface area contributed by atoms with Crippen molar-refractivity contribution in [2.24, 2.45) is 11.3 Å². The van der Waals surface area contributed by atoms with Gasteiger partial charge < -0.3 is 10.6 Å². The van der Waals surface area contributed by atoms with Gasteiger partial charge in [0.05, 0.1) is 6.07 Å². The maximum Gasteiger partial charge on any atom is 0.242 e. The predicted molar refractivity (Wildman–Crippen MR) is 64.8 cm³/mol. The Kier molecular flexibility index (Phi) is 5.66. The molecule has 0 heterocycles. The molecule has 0 aliphatic rings. The highest BCUT2D eigenvalue weighted by Gasteiger charge is 2.29. The minimum atomic E-state index is -1.12. The quantitative estimate of drug-likeness (QED) is 0.745. The van der Waals surface area contributed by atoms with Gasteiger partial charge in [-0.25, -0.2) is 0 Å². The Morgan fingerprint density at radius 2 is 1.82 bits per heavy atom. The predicted octanol–water partition coefficient (Wildman–Crippen LogP) is 0.813. The van der Waals surface area contributed by atoms with Gasteiger partial charge in [0.2, 0.25) is 11.8 Å². The fraction of sp³-hybridized carbons (Fsp3) is 0.750. The minimum Gasteiger partial charge on any atom is -0.354 e. The zero-order valence-corrected chi connectivity index (χ0v) is 11.1. The summed E-state index contributed by atoms with van der Waals surface area (Å²) < 4.78 is 0. The number of nitrogens with zero attached hydrogens (tertiary/aromatic N) is 1. The molecular weight excluding hydrogens is 218 g/mol. The third-order valence-electron chi connectivity index (χ3n) is 2.27. The highest BCUT2D eigenvalue weighted by atomic mass is 16.2. The maximum absolute atomic E-state index is 11.6. The van der Waals surface area contributed by atoms with E-state index in [1.54, 1.807) is 6.92 Å². The van der Waals surface area contributed by atoms with Gasteiger partial charge in [0, 0.05) is 6.54 Å². The number of hydrogen-bond acceptors (Lipinski definition) is 3. The van der Waals surface area contributed by atoms with Gasteiger partial charge in [-0.15, -0.1) is 0 Å². The molecule has 0 radical (unpaired) electrons. The maximum atomic E-state index is 11.6. The molecule has 17 heavy (non-hydrogen) atoms. The molecule has 1 atom stereocenters. The van der Waals surface area contributed by atoms with Gasteiger partial charge in [0.1, 0.15) is 11.5 Å². The molecule has 0 aliphatic heterocycles. The molecule has 2 amide bonds. The monoisotopic (exact) mass is 239 g/mol. The molecule has 0 bridgehead atoms. The number of nitrogens with one attached hydrogen (secondary N) is 2. The zero-order chi connectivity index (χ0) is 13.6. The number of amides is 2. The summed E-state index contributed by atoms with van der Waals surface area (Å²) in [7, 11) is 0. The molecule has 0 aromatic rings. The molecule has 5 nitrogen and oxygen atoms in total. The van der Waals surface area contributed by atoms with Crippen LogP contribution < -0.4 is 10.6 Å². The van der Waals surface area contributed by atoms with E-state index in [0.717, 1.165) is 0 Å². The number of nitriles is 1. The van der Waals surface area contributed by atoms with Crippen LogP contribution in [-0.2, 0) is 9.59 Å². The lowest BCUT2D eigenvalue weighted by molar-refractivity contribution is -0.132. The lowest BCUT2D eigenvalue weighted by Gasteiger charge is -2.19. The highest BCUT2D eigenvalue weighted by Crippen LogP contribution is 2.12. The van der Waals surface area contributed by atoms with Gasteiger partial charge in [-0.2, -0.15) is 5.26 Å². The molecule has 0 fully saturated rings. The van der Waals surface area contributed by atoms with Crippen LogP contribution in [-0.4, -0.2) is 24.4 Å². The fourth-order valence-electron chi connectivity index (χ4n) is 0.951. The fourth-order valence-corrected chi connectivity index (χ4v) is 0.951. The van der Waals surface area contributed by atoms with Crippen molar-refractivity contribution in [1.29, 1.82) is 5.26 Å². The van der Waals surface area contributed by atoms with Crippen molar-refractivity contribution in [3.05, 3.63) is 0 Å². The van der Waals surface area contributed by atoms with Gasteiger partial charge >= 0.3 is 0 Å². The van der Waals surface area contributed by atoms with Crippen molar-refractivity contribution >= 4 is 11.8 Å². The van der Waals surface area contributed by atoms with E-state index in [-0.39, 0.29) is 5.91 Å². The Morgan fingerprint density at radius 1 is 1.29 bits per heavy atom. The second kappa shape index (κ2) is 6.24. The first-order chi connectivity index (χ1) is 7.70. The van der Waals surface area contributed by atoms with Crippen LogP contribution in [0.15, 0.2) is 0 Å². The normalized spacial score (nSPS) is 12.8. The van der Waals surface area contributed by atoms with Crippen LogP contribution in [0.5, 0.6) is 0 Å². The first-order valence-corrected chi connectivity index (χ1v) is 5.70. The van der Waals surface area contributed by atoms with E-state index in [9.17, 15) is 9.59 Å². The summed E-state index contributed by atoms with van der Waals surface area (Å²) in [5, 5.41) is 14.0. The second-order valence-corrected chi connectivity index (χ2v) is 5.07. The molecule has 5 heteroatoms. The summed E-state index contributed by atoms with van der Waals surface area (Å²) in [4.78, 5) is 23.2. The van der Waals surface area contributed by atoms with E-state index in [4.69, 9.17) is 5.26 Å². The second-order valence-electron chi connectivity index (χ2n) is 5.07. The Balaban J connectivity index is 4.27. The summed E-state index contributed by atoms with van der Waals surface area (Å²) >= 11 is 0. The average Bonchev–Trinajstić information content (AvgIpc) is 2.25. The van der Waals surface area contributed by atoms with Crippen LogP contribution in [0.4, 0.5) is 0 Å². The van der Waals surface area contributed by atoms with Crippen LogP contribution in [0.1, 0.15) is 34.6 Å². The number of carbonyl (C=O) groups is 2. The lowest BCUT2D eigenvalue weighted by Crippen LogP contribution is -2.49. The first-order valence-electron chi connectivity index (χ1n) is 5.70. The lowest BCUT2D eigenvalue weighted by atomic mass is 9.94. The molecule has 2 N–H and O–H groups in total. The Morgan fingerprint density at radius 3 is 2.24 bits per heavy atom. The largest absolute Gasteiger partial charge is 0.354 e. The smallest absolute Gasteiger partial charge is 0.242 e.